The molecular formula is C11H13Br2NO4S. The maximum absolute atomic E-state index is 12.0. The van der Waals surface area contributed by atoms with E-state index in [1.54, 1.807) is 19.1 Å². The Morgan fingerprint density at radius 3 is 2.68 bits per heavy atom. The molecule has 0 spiro atoms. The summed E-state index contributed by atoms with van der Waals surface area (Å²) in [5, 5.41) is 0. The number of hydrogen-bond donors (Lipinski definition) is 1. The van der Waals surface area contributed by atoms with E-state index < -0.39 is 16.0 Å². The molecule has 1 aromatic carbocycles. The number of ether oxygens (including phenoxy) is 1. The summed E-state index contributed by atoms with van der Waals surface area (Å²) in [6, 6.07) is 4.84. The SMILES string of the molecule is CCOC(=O)CCNS(=O)(=O)c1cc(Br)ccc1Br. The van der Waals surface area contributed by atoms with Gasteiger partial charge in [-0.2, -0.15) is 0 Å². The molecule has 0 saturated carbocycles. The number of carbonyl (C=O) groups excluding carboxylic acids is 1. The van der Waals surface area contributed by atoms with E-state index in [2.05, 4.69) is 36.6 Å². The zero-order valence-electron chi connectivity index (χ0n) is 10.2. The van der Waals surface area contributed by atoms with Gasteiger partial charge in [0.05, 0.1) is 17.9 Å². The van der Waals surface area contributed by atoms with Gasteiger partial charge in [-0.15, -0.1) is 0 Å². The van der Waals surface area contributed by atoms with E-state index >= 15 is 0 Å². The van der Waals surface area contributed by atoms with E-state index in [1.165, 1.54) is 6.07 Å². The average Bonchev–Trinajstić information content (AvgIpc) is 2.32. The number of nitrogens with one attached hydrogen (secondary N) is 1. The third-order valence-electron chi connectivity index (χ3n) is 2.11. The number of hydrogen-bond acceptors (Lipinski definition) is 4. The highest BCUT2D eigenvalue weighted by Crippen LogP contribution is 2.25. The smallest absolute Gasteiger partial charge is 0.307 e. The van der Waals surface area contributed by atoms with Gasteiger partial charge >= 0.3 is 5.97 Å². The minimum Gasteiger partial charge on any atom is -0.466 e. The second-order valence-corrected chi connectivity index (χ2v) is 7.03. The summed E-state index contributed by atoms with van der Waals surface area (Å²) in [5.41, 5.74) is 0. The van der Waals surface area contributed by atoms with Crippen LogP contribution in [0.25, 0.3) is 0 Å². The van der Waals surface area contributed by atoms with E-state index in [-0.39, 0.29) is 24.5 Å². The average molecular weight is 415 g/mol. The van der Waals surface area contributed by atoms with Gasteiger partial charge in [-0.25, -0.2) is 13.1 Å². The van der Waals surface area contributed by atoms with Crippen molar-refractivity contribution in [1.29, 1.82) is 0 Å². The highest BCUT2D eigenvalue weighted by atomic mass is 79.9. The monoisotopic (exact) mass is 413 g/mol. The molecule has 0 aromatic heterocycles. The van der Waals surface area contributed by atoms with Gasteiger partial charge in [0.25, 0.3) is 0 Å². The molecule has 0 saturated heterocycles. The maximum atomic E-state index is 12.0. The van der Waals surface area contributed by atoms with Crippen LogP contribution in [0.5, 0.6) is 0 Å². The first-order valence-electron chi connectivity index (χ1n) is 5.47. The predicted molar refractivity (Wildman–Crippen MR) is 78.3 cm³/mol. The standard InChI is InChI=1S/C11H13Br2NO4S/c1-2-18-11(15)5-6-14-19(16,17)10-7-8(12)3-4-9(10)13/h3-4,7,14H,2,5-6H2,1H3. The zero-order valence-corrected chi connectivity index (χ0v) is 14.1. The summed E-state index contributed by atoms with van der Waals surface area (Å²) < 4.78 is 32.2. The summed E-state index contributed by atoms with van der Waals surface area (Å²) in [7, 11) is -3.66. The largest absolute Gasteiger partial charge is 0.466 e. The van der Waals surface area contributed by atoms with E-state index in [1.807, 2.05) is 0 Å². The quantitative estimate of drug-likeness (QED) is 0.725. The molecule has 1 aromatic rings. The van der Waals surface area contributed by atoms with Crippen LogP contribution in [0, 0.1) is 0 Å². The predicted octanol–water partition coefficient (Wildman–Crippen LogP) is 2.44. The first kappa shape index (κ1) is 16.6. The number of carbonyl (C=O) groups is 1. The van der Waals surface area contributed by atoms with Crippen LogP contribution in [0.1, 0.15) is 13.3 Å². The van der Waals surface area contributed by atoms with Crippen molar-refractivity contribution in [3.63, 3.8) is 0 Å². The lowest BCUT2D eigenvalue weighted by Gasteiger charge is -2.08. The van der Waals surface area contributed by atoms with Gasteiger partial charge in [0.2, 0.25) is 10.0 Å². The Labute approximate surface area is 129 Å². The van der Waals surface area contributed by atoms with Gasteiger partial charge in [-0.05, 0) is 41.1 Å². The number of halogens is 2. The van der Waals surface area contributed by atoms with Crippen molar-refractivity contribution >= 4 is 47.9 Å². The molecule has 1 N–H and O–H groups in total. The molecule has 19 heavy (non-hydrogen) atoms. The van der Waals surface area contributed by atoms with Crippen LogP contribution in [0.15, 0.2) is 32.0 Å². The van der Waals surface area contributed by atoms with E-state index in [9.17, 15) is 13.2 Å². The Morgan fingerprint density at radius 1 is 1.37 bits per heavy atom. The lowest BCUT2D eigenvalue weighted by atomic mass is 10.4. The van der Waals surface area contributed by atoms with Gasteiger partial charge in [-0.3, -0.25) is 4.79 Å². The first-order chi connectivity index (χ1) is 8.86. The Morgan fingerprint density at radius 2 is 2.05 bits per heavy atom. The van der Waals surface area contributed by atoms with Crippen molar-refractivity contribution in [3.8, 4) is 0 Å². The molecule has 0 fully saturated rings. The summed E-state index contributed by atoms with van der Waals surface area (Å²) in [4.78, 5) is 11.2. The molecule has 5 nitrogen and oxygen atoms in total. The van der Waals surface area contributed by atoms with E-state index in [0.717, 1.165) is 0 Å². The Bertz CT molecular complexity index is 560. The van der Waals surface area contributed by atoms with Crippen molar-refractivity contribution < 1.29 is 17.9 Å². The molecule has 8 heteroatoms. The molecular weight excluding hydrogens is 402 g/mol. The molecule has 0 unspecified atom stereocenters. The third-order valence-corrected chi connectivity index (χ3v) is 5.06. The summed E-state index contributed by atoms with van der Waals surface area (Å²) in [6.45, 7) is 1.98. The van der Waals surface area contributed by atoms with Crippen molar-refractivity contribution in [2.45, 2.75) is 18.2 Å². The number of rotatable bonds is 6. The van der Waals surface area contributed by atoms with Crippen LogP contribution >= 0.6 is 31.9 Å². The third kappa shape index (κ3) is 5.21. The van der Waals surface area contributed by atoms with Gasteiger partial charge in [0.15, 0.2) is 0 Å². The minimum absolute atomic E-state index is 0.000119. The normalized spacial score (nSPS) is 11.3. The van der Waals surface area contributed by atoms with Crippen molar-refractivity contribution in [2.24, 2.45) is 0 Å². The molecule has 1 rings (SSSR count). The van der Waals surface area contributed by atoms with Crippen LogP contribution in [0.2, 0.25) is 0 Å². The molecule has 0 bridgehead atoms. The lowest BCUT2D eigenvalue weighted by molar-refractivity contribution is -0.142. The second kappa shape index (κ2) is 7.37. The summed E-state index contributed by atoms with van der Waals surface area (Å²) in [5.74, 6) is -0.432. The fourth-order valence-corrected chi connectivity index (χ4v) is 3.81. The highest BCUT2D eigenvalue weighted by molar-refractivity contribution is 9.11. The fourth-order valence-electron chi connectivity index (χ4n) is 1.28. The summed E-state index contributed by atoms with van der Waals surface area (Å²) >= 11 is 6.39. The molecule has 0 heterocycles. The van der Waals surface area contributed by atoms with Crippen molar-refractivity contribution in [3.05, 3.63) is 27.1 Å². The minimum atomic E-state index is -3.66. The van der Waals surface area contributed by atoms with Crippen LogP contribution in [-0.4, -0.2) is 27.5 Å². The molecule has 0 aliphatic heterocycles. The number of sulfonamides is 1. The van der Waals surface area contributed by atoms with Crippen molar-refractivity contribution in [2.75, 3.05) is 13.2 Å². The Hall–Kier alpha value is -0.440. The Balaban J connectivity index is 2.71. The molecule has 0 radical (unpaired) electrons. The maximum Gasteiger partial charge on any atom is 0.307 e. The van der Waals surface area contributed by atoms with Crippen LogP contribution < -0.4 is 4.72 Å². The Kier molecular flexibility index (Phi) is 6.45. The fraction of sp³-hybridized carbons (Fsp3) is 0.364. The van der Waals surface area contributed by atoms with E-state index in [4.69, 9.17) is 4.74 Å². The summed E-state index contributed by atoms with van der Waals surface area (Å²) in [6.07, 6.45) is -0.00130. The molecule has 106 valence electrons. The second-order valence-electron chi connectivity index (χ2n) is 3.53. The van der Waals surface area contributed by atoms with Gasteiger partial charge in [-0.1, -0.05) is 15.9 Å². The molecule has 0 aliphatic rings. The highest BCUT2D eigenvalue weighted by Gasteiger charge is 2.18. The van der Waals surface area contributed by atoms with Crippen LogP contribution in [0.3, 0.4) is 0 Å². The van der Waals surface area contributed by atoms with Crippen LogP contribution in [-0.2, 0) is 19.6 Å². The van der Waals surface area contributed by atoms with Crippen LogP contribution in [0.4, 0.5) is 0 Å². The lowest BCUT2D eigenvalue weighted by Crippen LogP contribution is -2.27. The molecule has 0 aliphatic carbocycles. The topological polar surface area (TPSA) is 72.5 Å². The van der Waals surface area contributed by atoms with Gasteiger partial charge < -0.3 is 4.74 Å². The number of esters is 1. The van der Waals surface area contributed by atoms with Gasteiger partial charge in [0.1, 0.15) is 0 Å². The molecule has 0 atom stereocenters. The first-order valence-corrected chi connectivity index (χ1v) is 8.54. The van der Waals surface area contributed by atoms with E-state index in [0.29, 0.717) is 8.95 Å². The number of benzene rings is 1. The van der Waals surface area contributed by atoms with Crippen molar-refractivity contribution in [1.82, 2.24) is 4.72 Å². The van der Waals surface area contributed by atoms with Gasteiger partial charge in [0, 0.05) is 15.5 Å². The zero-order chi connectivity index (χ0) is 14.5. The molecule has 0 amide bonds.